The summed E-state index contributed by atoms with van der Waals surface area (Å²) < 4.78 is 11.9. The molecule has 0 amide bonds. The van der Waals surface area contributed by atoms with Crippen LogP contribution in [0, 0.1) is 0 Å². The monoisotopic (exact) mass is 313 g/mol. The zero-order valence-electron chi connectivity index (χ0n) is 12.5. The molecule has 8 nitrogen and oxygen atoms in total. The van der Waals surface area contributed by atoms with Gasteiger partial charge in [-0.05, 0) is 31.9 Å². The Balaban J connectivity index is 1.85. The van der Waals surface area contributed by atoms with Crippen molar-refractivity contribution < 1.29 is 13.9 Å². The highest BCUT2D eigenvalue weighted by atomic mass is 16.5. The second-order valence-electron chi connectivity index (χ2n) is 5.28. The quantitative estimate of drug-likeness (QED) is 0.721. The third-order valence-electron chi connectivity index (χ3n) is 3.51. The van der Waals surface area contributed by atoms with Gasteiger partial charge < -0.3 is 14.5 Å². The number of rotatable bonds is 5. The maximum atomic E-state index is 12.1. The molecule has 1 saturated carbocycles. The molecule has 0 atom stereocenters. The van der Waals surface area contributed by atoms with E-state index in [1.165, 1.54) is 10.7 Å². The van der Waals surface area contributed by atoms with Crippen LogP contribution in [-0.4, -0.2) is 38.2 Å². The van der Waals surface area contributed by atoms with Crippen molar-refractivity contribution in [3.8, 4) is 11.6 Å². The number of hydrogen-bond donors (Lipinski definition) is 1. The molecular formula is C15H15N5O3. The fraction of sp³-hybridized carbons (Fsp3) is 0.333. The van der Waals surface area contributed by atoms with Crippen molar-refractivity contribution in [2.45, 2.75) is 25.8 Å². The number of carbonyl (C=O) groups is 1. The number of ether oxygens (including phenoxy) is 1. The molecule has 0 unspecified atom stereocenters. The summed E-state index contributed by atoms with van der Waals surface area (Å²) in [5.74, 6) is 1.01. The van der Waals surface area contributed by atoms with Crippen LogP contribution in [0.3, 0.4) is 0 Å². The van der Waals surface area contributed by atoms with Crippen molar-refractivity contribution >= 4 is 17.6 Å². The van der Waals surface area contributed by atoms with Crippen molar-refractivity contribution in [3.05, 3.63) is 30.2 Å². The first-order valence-corrected chi connectivity index (χ1v) is 7.49. The van der Waals surface area contributed by atoms with E-state index in [4.69, 9.17) is 9.15 Å². The molecule has 4 rings (SSSR count). The van der Waals surface area contributed by atoms with Crippen molar-refractivity contribution in [1.29, 1.82) is 0 Å². The zero-order chi connectivity index (χ0) is 15.8. The van der Waals surface area contributed by atoms with Gasteiger partial charge in [-0.2, -0.15) is 4.52 Å². The largest absolute Gasteiger partial charge is 0.462 e. The molecule has 3 aromatic rings. The van der Waals surface area contributed by atoms with E-state index in [0.29, 0.717) is 29.2 Å². The molecule has 0 aromatic carbocycles. The Morgan fingerprint density at radius 3 is 3.09 bits per heavy atom. The SMILES string of the molecule is CCOC(=O)c1cnc(NC2CC2)n2nc(-c3ccco3)nc12. The Bertz CT molecular complexity index is 852. The Hall–Kier alpha value is -2.90. The predicted molar refractivity (Wildman–Crippen MR) is 81.1 cm³/mol. The van der Waals surface area contributed by atoms with Crippen molar-refractivity contribution in [1.82, 2.24) is 19.6 Å². The molecule has 1 N–H and O–H groups in total. The lowest BCUT2D eigenvalue weighted by atomic mass is 10.3. The Kier molecular flexibility index (Phi) is 3.22. The molecule has 0 spiro atoms. The van der Waals surface area contributed by atoms with Crippen LogP contribution >= 0.6 is 0 Å². The van der Waals surface area contributed by atoms with Crippen LogP contribution < -0.4 is 5.32 Å². The first kappa shape index (κ1) is 13.7. The second kappa shape index (κ2) is 5.38. The molecule has 0 saturated heterocycles. The van der Waals surface area contributed by atoms with Crippen LogP contribution in [0.25, 0.3) is 17.2 Å². The first-order valence-electron chi connectivity index (χ1n) is 7.49. The first-order chi connectivity index (χ1) is 11.3. The lowest BCUT2D eigenvalue weighted by Crippen LogP contribution is -2.13. The summed E-state index contributed by atoms with van der Waals surface area (Å²) in [5, 5.41) is 7.70. The Morgan fingerprint density at radius 1 is 1.52 bits per heavy atom. The topological polar surface area (TPSA) is 94.5 Å². The molecule has 0 radical (unpaired) electrons. The number of nitrogens with zero attached hydrogens (tertiary/aromatic N) is 4. The van der Waals surface area contributed by atoms with Crippen molar-refractivity contribution in [2.75, 3.05) is 11.9 Å². The number of nitrogens with one attached hydrogen (secondary N) is 1. The van der Waals surface area contributed by atoms with Gasteiger partial charge in [-0.1, -0.05) is 0 Å². The highest BCUT2D eigenvalue weighted by Crippen LogP contribution is 2.26. The summed E-state index contributed by atoms with van der Waals surface area (Å²) in [6.45, 7) is 2.04. The fourth-order valence-corrected chi connectivity index (χ4v) is 2.24. The van der Waals surface area contributed by atoms with Gasteiger partial charge in [0.2, 0.25) is 11.8 Å². The molecule has 8 heteroatoms. The van der Waals surface area contributed by atoms with Crippen LogP contribution in [0.1, 0.15) is 30.1 Å². The van der Waals surface area contributed by atoms with E-state index >= 15 is 0 Å². The van der Waals surface area contributed by atoms with Gasteiger partial charge in [0.15, 0.2) is 11.4 Å². The minimum atomic E-state index is -0.471. The number of esters is 1. The molecule has 1 fully saturated rings. The molecule has 1 aliphatic rings. The van der Waals surface area contributed by atoms with E-state index in [9.17, 15) is 4.79 Å². The summed E-state index contributed by atoms with van der Waals surface area (Å²) in [5.41, 5.74) is 0.673. The van der Waals surface area contributed by atoms with Crippen LogP contribution in [0.5, 0.6) is 0 Å². The maximum Gasteiger partial charge on any atom is 0.343 e. The van der Waals surface area contributed by atoms with Crippen molar-refractivity contribution in [2.24, 2.45) is 0 Å². The predicted octanol–water partition coefficient (Wildman–Crippen LogP) is 2.14. The number of hydrogen-bond acceptors (Lipinski definition) is 7. The van der Waals surface area contributed by atoms with E-state index in [1.807, 2.05) is 0 Å². The van der Waals surface area contributed by atoms with Crippen LogP contribution in [0.4, 0.5) is 5.95 Å². The molecule has 3 aromatic heterocycles. The lowest BCUT2D eigenvalue weighted by molar-refractivity contribution is 0.0527. The van der Waals surface area contributed by atoms with Crippen molar-refractivity contribution in [3.63, 3.8) is 0 Å². The summed E-state index contributed by atoms with van der Waals surface area (Å²) in [6.07, 6.45) is 5.22. The Morgan fingerprint density at radius 2 is 2.39 bits per heavy atom. The smallest absolute Gasteiger partial charge is 0.343 e. The number of furan rings is 1. The van der Waals surface area contributed by atoms with Gasteiger partial charge in [0.05, 0.1) is 12.9 Å². The van der Waals surface area contributed by atoms with E-state index in [0.717, 1.165) is 12.8 Å². The summed E-state index contributed by atoms with van der Waals surface area (Å²) in [7, 11) is 0. The molecule has 118 valence electrons. The maximum absolute atomic E-state index is 12.1. The van der Waals surface area contributed by atoms with Gasteiger partial charge in [0.25, 0.3) is 0 Å². The van der Waals surface area contributed by atoms with E-state index < -0.39 is 5.97 Å². The van der Waals surface area contributed by atoms with Gasteiger partial charge in [-0.3, -0.25) is 0 Å². The normalized spacial score (nSPS) is 14.1. The molecular weight excluding hydrogens is 298 g/mol. The van der Waals surface area contributed by atoms with E-state index in [2.05, 4.69) is 20.4 Å². The standard InChI is InChI=1S/C15H15N5O3/c1-2-22-14(21)10-8-16-15(17-9-5-6-9)20-13(10)18-12(19-20)11-4-3-7-23-11/h3-4,7-9H,2,5-6H2,1H3,(H,16,17). The molecule has 1 aliphatic carbocycles. The van der Waals surface area contributed by atoms with Gasteiger partial charge >= 0.3 is 5.97 Å². The Labute approximate surface area is 131 Å². The summed E-state index contributed by atoms with van der Waals surface area (Å²) in [4.78, 5) is 20.8. The number of fused-ring (bicyclic) bond motifs is 1. The van der Waals surface area contributed by atoms with E-state index in [-0.39, 0.29) is 12.2 Å². The molecule has 3 heterocycles. The van der Waals surface area contributed by atoms with Gasteiger partial charge in [0.1, 0.15) is 5.56 Å². The average molecular weight is 313 g/mol. The second-order valence-corrected chi connectivity index (χ2v) is 5.28. The molecule has 23 heavy (non-hydrogen) atoms. The van der Waals surface area contributed by atoms with Crippen LogP contribution in [-0.2, 0) is 4.74 Å². The van der Waals surface area contributed by atoms with Gasteiger partial charge in [0, 0.05) is 12.2 Å². The minimum absolute atomic E-state index is 0.276. The summed E-state index contributed by atoms with van der Waals surface area (Å²) in [6, 6.07) is 3.92. The van der Waals surface area contributed by atoms with E-state index in [1.54, 1.807) is 25.3 Å². The fourth-order valence-electron chi connectivity index (χ4n) is 2.24. The molecule has 0 aliphatic heterocycles. The minimum Gasteiger partial charge on any atom is -0.462 e. The highest BCUT2D eigenvalue weighted by molar-refractivity contribution is 5.95. The lowest BCUT2D eigenvalue weighted by Gasteiger charge is -2.07. The average Bonchev–Trinajstić information content (AvgIpc) is 3.04. The third kappa shape index (κ3) is 2.52. The number of anilines is 1. The summed E-state index contributed by atoms with van der Waals surface area (Å²) >= 11 is 0. The van der Waals surface area contributed by atoms with Gasteiger partial charge in [-0.25, -0.2) is 14.8 Å². The van der Waals surface area contributed by atoms with Gasteiger partial charge in [-0.15, -0.1) is 5.10 Å². The highest BCUT2D eigenvalue weighted by Gasteiger charge is 2.25. The molecule has 0 bridgehead atoms. The number of aromatic nitrogens is 4. The zero-order valence-corrected chi connectivity index (χ0v) is 12.5. The third-order valence-corrected chi connectivity index (χ3v) is 3.51. The van der Waals surface area contributed by atoms with Crippen LogP contribution in [0.2, 0.25) is 0 Å². The van der Waals surface area contributed by atoms with Crippen LogP contribution in [0.15, 0.2) is 29.0 Å². The number of carbonyl (C=O) groups excluding carboxylic acids is 1.